The fourth-order valence-electron chi connectivity index (χ4n) is 4.54. The Kier molecular flexibility index (Phi) is 5.62. The fraction of sp³-hybridized carbons (Fsp3) is 0.346. The highest BCUT2D eigenvalue weighted by Crippen LogP contribution is 2.44. The SMILES string of the molecule is CNC(=O)c1c(O)c2ncc(Cc3ccc(F)cc3)c3c2n(c1=O)C[C@](C)(C(=O)NCC1(C#N)CC1)O3. The van der Waals surface area contributed by atoms with E-state index in [1.807, 2.05) is 0 Å². The van der Waals surface area contributed by atoms with Crippen molar-refractivity contribution >= 4 is 22.8 Å². The lowest BCUT2D eigenvalue weighted by Gasteiger charge is -2.36. The van der Waals surface area contributed by atoms with E-state index < -0.39 is 45.5 Å². The summed E-state index contributed by atoms with van der Waals surface area (Å²) in [6.45, 7) is 1.41. The Morgan fingerprint density at radius 1 is 1.30 bits per heavy atom. The normalized spacial score (nSPS) is 19.0. The largest absolute Gasteiger partial charge is 0.505 e. The standard InChI is InChI=1S/C26H24FN5O5/c1-25(24(36)31-12-26(11-28)7-8-26)13-32-19-18(20(33)17(23(32)35)22(34)29-2)30-10-15(21(19)37-25)9-14-3-5-16(27)6-4-14/h3-6,10,33H,7-9,12-13H2,1-2H3,(H,29,34)(H,31,36)/t25-/m1/s1. The summed E-state index contributed by atoms with van der Waals surface area (Å²) >= 11 is 0. The molecule has 3 heterocycles. The molecule has 1 fully saturated rings. The molecular formula is C26H24FN5O5. The lowest BCUT2D eigenvalue weighted by molar-refractivity contribution is -0.137. The smallest absolute Gasteiger partial charge is 0.268 e. The molecule has 2 aromatic heterocycles. The van der Waals surface area contributed by atoms with Gasteiger partial charge in [-0.05, 0) is 37.5 Å². The van der Waals surface area contributed by atoms with Crippen molar-refractivity contribution in [1.29, 1.82) is 5.26 Å². The number of carbonyl (C=O) groups excluding carboxylic acids is 2. The summed E-state index contributed by atoms with van der Waals surface area (Å²) in [4.78, 5) is 43.6. The third kappa shape index (κ3) is 4.04. The molecule has 0 unspecified atom stereocenters. The number of rotatable bonds is 6. The van der Waals surface area contributed by atoms with Gasteiger partial charge < -0.3 is 20.5 Å². The van der Waals surface area contributed by atoms with Gasteiger partial charge in [0.05, 0.1) is 18.0 Å². The lowest BCUT2D eigenvalue weighted by Crippen LogP contribution is -2.56. The number of benzene rings is 1. The Bertz CT molecular complexity index is 1560. The number of nitrogens with zero attached hydrogens (tertiary/aromatic N) is 3. The third-order valence-electron chi connectivity index (χ3n) is 6.98. The number of aromatic hydroxyl groups is 1. The van der Waals surface area contributed by atoms with Crippen LogP contribution < -0.4 is 20.9 Å². The van der Waals surface area contributed by atoms with Gasteiger partial charge in [0.1, 0.15) is 22.4 Å². The fourth-order valence-corrected chi connectivity index (χ4v) is 4.54. The van der Waals surface area contributed by atoms with E-state index in [1.165, 1.54) is 36.9 Å². The first kappa shape index (κ1) is 24.2. The molecular weight excluding hydrogens is 481 g/mol. The van der Waals surface area contributed by atoms with E-state index >= 15 is 0 Å². The highest BCUT2D eigenvalue weighted by molar-refractivity contribution is 6.02. The molecule has 1 aromatic carbocycles. The van der Waals surface area contributed by atoms with Crippen LogP contribution >= 0.6 is 0 Å². The molecule has 3 aromatic rings. The zero-order chi connectivity index (χ0) is 26.5. The van der Waals surface area contributed by atoms with E-state index in [1.54, 1.807) is 12.1 Å². The first-order valence-electron chi connectivity index (χ1n) is 11.7. The van der Waals surface area contributed by atoms with Gasteiger partial charge in [-0.1, -0.05) is 12.1 Å². The minimum Gasteiger partial charge on any atom is -0.505 e. The van der Waals surface area contributed by atoms with Gasteiger partial charge in [-0.25, -0.2) is 4.39 Å². The maximum atomic E-state index is 13.5. The van der Waals surface area contributed by atoms with Crippen molar-refractivity contribution in [2.75, 3.05) is 13.6 Å². The van der Waals surface area contributed by atoms with Crippen LogP contribution in [0.1, 0.15) is 41.3 Å². The molecule has 0 saturated heterocycles. The number of nitriles is 1. The van der Waals surface area contributed by atoms with E-state index in [0.717, 1.165) is 5.56 Å². The summed E-state index contributed by atoms with van der Waals surface area (Å²) in [5.41, 5.74) is -2.13. The number of aromatic nitrogens is 2. The van der Waals surface area contributed by atoms with Crippen LogP contribution in [0.2, 0.25) is 0 Å². The van der Waals surface area contributed by atoms with Crippen LogP contribution in [0.15, 0.2) is 35.3 Å². The lowest BCUT2D eigenvalue weighted by atomic mass is 9.98. The molecule has 10 nitrogen and oxygen atoms in total. The van der Waals surface area contributed by atoms with Gasteiger partial charge >= 0.3 is 0 Å². The van der Waals surface area contributed by atoms with E-state index in [2.05, 4.69) is 21.7 Å². The summed E-state index contributed by atoms with van der Waals surface area (Å²) < 4.78 is 20.9. The molecule has 37 heavy (non-hydrogen) atoms. The molecule has 5 rings (SSSR count). The zero-order valence-electron chi connectivity index (χ0n) is 20.2. The number of hydrogen-bond donors (Lipinski definition) is 3. The van der Waals surface area contributed by atoms with Crippen LogP contribution in [0.3, 0.4) is 0 Å². The summed E-state index contributed by atoms with van der Waals surface area (Å²) in [7, 11) is 1.33. The van der Waals surface area contributed by atoms with Gasteiger partial charge in [0.15, 0.2) is 11.5 Å². The Morgan fingerprint density at radius 2 is 2.00 bits per heavy atom. The number of pyridine rings is 2. The number of ether oxygens (including phenoxy) is 1. The van der Waals surface area contributed by atoms with Crippen molar-refractivity contribution in [3.8, 4) is 17.6 Å². The molecule has 1 saturated carbocycles. The molecule has 2 aliphatic rings. The molecule has 3 N–H and O–H groups in total. The van der Waals surface area contributed by atoms with Gasteiger partial charge in [0.25, 0.3) is 17.4 Å². The average Bonchev–Trinajstić information content (AvgIpc) is 3.68. The Morgan fingerprint density at radius 3 is 2.62 bits per heavy atom. The van der Waals surface area contributed by atoms with E-state index in [9.17, 15) is 29.1 Å². The van der Waals surface area contributed by atoms with Crippen LogP contribution in [0, 0.1) is 22.6 Å². The van der Waals surface area contributed by atoms with Crippen LogP contribution in [-0.4, -0.2) is 45.7 Å². The maximum absolute atomic E-state index is 13.5. The quantitative estimate of drug-likeness (QED) is 0.463. The van der Waals surface area contributed by atoms with E-state index in [-0.39, 0.29) is 36.3 Å². The minimum absolute atomic E-state index is 0.0278. The monoisotopic (exact) mass is 505 g/mol. The second-order valence-electron chi connectivity index (χ2n) is 9.71. The van der Waals surface area contributed by atoms with Gasteiger partial charge in [0, 0.05) is 31.8 Å². The summed E-state index contributed by atoms with van der Waals surface area (Å²) in [6, 6.07) is 8.04. The van der Waals surface area contributed by atoms with Crippen molar-refractivity contribution in [2.24, 2.45) is 5.41 Å². The molecule has 0 spiro atoms. The highest BCUT2D eigenvalue weighted by Gasteiger charge is 2.47. The molecule has 11 heteroatoms. The summed E-state index contributed by atoms with van der Waals surface area (Å²) in [5.74, 6) is -2.16. The molecule has 0 bridgehead atoms. The number of halogens is 1. The molecule has 1 aliphatic carbocycles. The maximum Gasteiger partial charge on any atom is 0.268 e. The number of carbonyl (C=O) groups is 2. The predicted molar refractivity (Wildman–Crippen MR) is 130 cm³/mol. The second kappa shape index (κ2) is 8.58. The van der Waals surface area contributed by atoms with Crippen LogP contribution in [-0.2, 0) is 17.8 Å². The average molecular weight is 506 g/mol. The summed E-state index contributed by atoms with van der Waals surface area (Å²) in [6.07, 6.45) is 3.04. The number of hydrogen-bond acceptors (Lipinski definition) is 7. The van der Waals surface area contributed by atoms with Crippen molar-refractivity contribution < 1.29 is 23.8 Å². The van der Waals surface area contributed by atoms with Crippen molar-refractivity contribution in [1.82, 2.24) is 20.2 Å². The van der Waals surface area contributed by atoms with Crippen molar-refractivity contribution in [3.63, 3.8) is 0 Å². The van der Waals surface area contributed by atoms with Gasteiger partial charge in [-0.15, -0.1) is 0 Å². The molecule has 1 atom stereocenters. The number of amides is 2. The first-order valence-corrected chi connectivity index (χ1v) is 11.7. The van der Waals surface area contributed by atoms with Crippen molar-refractivity contribution in [2.45, 2.75) is 38.3 Å². The second-order valence-corrected chi connectivity index (χ2v) is 9.71. The van der Waals surface area contributed by atoms with E-state index in [0.29, 0.717) is 18.4 Å². The van der Waals surface area contributed by atoms with Gasteiger partial charge in [-0.2, -0.15) is 5.26 Å². The van der Waals surface area contributed by atoms with Crippen LogP contribution in [0.25, 0.3) is 11.0 Å². The van der Waals surface area contributed by atoms with Gasteiger partial charge in [0.2, 0.25) is 5.60 Å². The van der Waals surface area contributed by atoms with Crippen molar-refractivity contribution in [3.05, 3.63) is 63.3 Å². The Labute approximate surface area is 210 Å². The third-order valence-corrected chi connectivity index (χ3v) is 6.98. The number of nitrogens with one attached hydrogen (secondary N) is 2. The van der Waals surface area contributed by atoms with E-state index in [4.69, 9.17) is 4.74 Å². The first-order chi connectivity index (χ1) is 17.6. The Balaban J connectivity index is 1.65. The van der Waals surface area contributed by atoms with Crippen LogP contribution in [0.5, 0.6) is 11.5 Å². The molecule has 1 aliphatic heterocycles. The Hall–Kier alpha value is -4.46. The highest BCUT2D eigenvalue weighted by atomic mass is 19.1. The predicted octanol–water partition coefficient (Wildman–Crippen LogP) is 1.76. The van der Waals surface area contributed by atoms with Crippen LogP contribution in [0.4, 0.5) is 4.39 Å². The summed E-state index contributed by atoms with van der Waals surface area (Å²) in [5, 5.41) is 25.3. The minimum atomic E-state index is -1.58. The van der Waals surface area contributed by atoms with Gasteiger partial charge in [-0.3, -0.25) is 23.9 Å². The topological polar surface area (TPSA) is 146 Å². The molecule has 2 amide bonds. The molecule has 0 radical (unpaired) electrons. The molecule has 190 valence electrons. The zero-order valence-corrected chi connectivity index (χ0v) is 20.2.